The summed E-state index contributed by atoms with van der Waals surface area (Å²) >= 11 is 0. The van der Waals surface area contributed by atoms with E-state index in [0.717, 1.165) is 0 Å². The fourth-order valence-corrected chi connectivity index (χ4v) is 1.77. The van der Waals surface area contributed by atoms with E-state index in [-0.39, 0.29) is 5.97 Å². The van der Waals surface area contributed by atoms with E-state index in [1.807, 2.05) is 6.92 Å². The highest BCUT2D eigenvalue weighted by molar-refractivity contribution is 5.76. The highest BCUT2D eigenvalue weighted by Gasteiger charge is 2.37. The molecule has 106 valence electrons. The maximum atomic E-state index is 11.7. The van der Waals surface area contributed by atoms with Crippen LogP contribution < -0.4 is 5.32 Å². The van der Waals surface area contributed by atoms with Gasteiger partial charge in [0.2, 0.25) is 0 Å². The van der Waals surface area contributed by atoms with Crippen LogP contribution in [0.2, 0.25) is 0 Å². The van der Waals surface area contributed by atoms with Gasteiger partial charge in [-0.3, -0.25) is 4.79 Å². The van der Waals surface area contributed by atoms with E-state index >= 15 is 0 Å². The summed E-state index contributed by atoms with van der Waals surface area (Å²) in [7, 11) is 1.34. The molecule has 1 amide bonds. The minimum Gasteiger partial charge on any atom is -0.469 e. The third kappa shape index (κ3) is 5.38. The zero-order chi connectivity index (χ0) is 14.6. The molecular formula is C13H25NO4. The van der Waals surface area contributed by atoms with E-state index in [1.54, 1.807) is 34.6 Å². The molecule has 0 bridgehead atoms. The summed E-state index contributed by atoms with van der Waals surface area (Å²) in [6, 6.07) is 0. The molecule has 0 aromatic rings. The van der Waals surface area contributed by atoms with Crippen molar-refractivity contribution in [3.63, 3.8) is 0 Å². The monoisotopic (exact) mass is 259 g/mol. The van der Waals surface area contributed by atoms with Crippen LogP contribution in [-0.2, 0) is 14.3 Å². The smallest absolute Gasteiger partial charge is 0.408 e. The van der Waals surface area contributed by atoms with Crippen molar-refractivity contribution in [1.82, 2.24) is 5.32 Å². The number of nitrogens with one attached hydrogen (secondary N) is 1. The largest absolute Gasteiger partial charge is 0.469 e. The Bertz CT molecular complexity index is 305. The first-order chi connectivity index (χ1) is 8.03. The standard InChI is InChI=1S/C13H25NO4/c1-8-9(10(15)17-7)13(5,6)14-11(16)18-12(2,3)4/h9H,8H2,1-7H3,(H,14,16). The van der Waals surface area contributed by atoms with Gasteiger partial charge in [-0.05, 0) is 41.0 Å². The molecule has 0 heterocycles. The zero-order valence-electron chi connectivity index (χ0n) is 12.4. The number of amides is 1. The number of methoxy groups -OCH3 is 1. The van der Waals surface area contributed by atoms with Gasteiger partial charge in [-0.15, -0.1) is 0 Å². The lowest BCUT2D eigenvalue weighted by atomic mass is 9.85. The van der Waals surface area contributed by atoms with Gasteiger partial charge in [0.1, 0.15) is 5.60 Å². The fourth-order valence-electron chi connectivity index (χ4n) is 1.77. The molecule has 0 aromatic heterocycles. The third-order valence-corrected chi connectivity index (χ3v) is 2.59. The topological polar surface area (TPSA) is 64.6 Å². The van der Waals surface area contributed by atoms with Crippen LogP contribution in [0, 0.1) is 5.92 Å². The molecule has 0 aliphatic carbocycles. The summed E-state index contributed by atoms with van der Waals surface area (Å²) in [5, 5.41) is 2.72. The molecule has 1 unspecified atom stereocenters. The Balaban J connectivity index is 4.72. The van der Waals surface area contributed by atoms with E-state index in [1.165, 1.54) is 7.11 Å². The molecule has 1 atom stereocenters. The van der Waals surface area contributed by atoms with Gasteiger partial charge in [0.15, 0.2) is 0 Å². The van der Waals surface area contributed by atoms with Crippen molar-refractivity contribution in [2.45, 2.75) is 59.1 Å². The number of hydrogen-bond donors (Lipinski definition) is 1. The Morgan fingerprint density at radius 2 is 1.67 bits per heavy atom. The summed E-state index contributed by atoms with van der Waals surface area (Å²) < 4.78 is 9.92. The van der Waals surface area contributed by atoms with Crippen LogP contribution in [0.5, 0.6) is 0 Å². The average Bonchev–Trinajstić information content (AvgIpc) is 2.13. The highest BCUT2D eigenvalue weighted by Crippen LogP contribution is 2.22. The lowest BCUT2D eigenvalue weighted by Gasteiger charge is -2.33. The first kappa shape index (κ1) is 16.7. The fraction of sp³-hybridized carbons (Fsp3) is 0.846. The molecule has 0 spiro atoms. The second-order valence-corrected chi connectivity index (χ2v) is 5.83. The summed E-state index contributed by atoms with van der Waals surface area (Å²) in [5.41, 5.74) is -1.28. The maximum absolute atomic E-state index is 11.7. The molecule has 0 saturated heterocycles. The lowest BCUT2D eigenvalue weighted by Crippen LogP contribution is -2.53. The van der Waals surface area contributed by atoms with Gasteiger partial charge < -0.3 is 14.8 Å². The lowest BCUT2D eigenvalue weighted by molar-refractivity contribution is -0.148. The highest BCUT2D eigenvalue weighted by atomic mass is 16.6. The Hall–Kier alpha value is -1.26. The van der Waals surface area contributed by atoms with Crippen molar-refractivity contribution in [3.05, 3.63) is 0 Å². The van der Waals surface area contributed by atoms with Crippen molar-refractivity contribution < 1.29 is 19.1 Å². The van der Waals surface area contributed by atoms with Gasteiger partial charge >= 0.3 is 12.1 Å². The third-order valence-electron chi connectivity index (χ3n) is 2.59. The second-order valence-electron chi connectivity index (χ2n) is 5.83. The predicted octanol–water partition coefficient (Wildman–Crippen LogP) is 2.49. The molecule has 5 heteroatoms. The number of ether oxygens (including phenoxy) is 2. The number of carbonyl (C=O) groups excluding carboxylic acids is 2. The summed E-state index contributed by atoms with van der Waals surface area (Å²) in [6.45, 7) is 10.8. The molecular weight excluding hydrogens is 234 g/mol. The van der Waals surface area contributed by atoms with Crippen LogP contribution in [0.1, 0.15) is 48.0 Å². The number of alkyl carbamates (subject to hydrolysis) is 1. The van der Waals surface area contributed by atoms with Crippen LogP contribution in [0.3, 0.4) is 0 Å². The minimum absolute atomic E-state index is 0.335. The molecule has 5 nitrogen and oxygen atoms in total. The normalized spacial score (nSPS) is 13.7. The van der Waals surface area contributed by atoms with Crippen LogP contribution in [-0.4, -0.2) is 30.3 Å². The van der Waals surface area contributed by atoms with Crippen molar-refractivity contribution in [3.8, 4) is 0 Å². The van der Waals surface area contributed by atoms with E-state index in [9.17, 15) is 9.59 Å². The van der Waals surface area contributed by atoms with Gasteiger partial charge in [0.25, 0.3) is 0 Å². The Kier molecular flexibility index (Phi) is 5.64. The van der Waals surface area contributed by atoms with Gasteiger partial charge in [-0.25, -0.2) is 4.79 Å². The first-order valence-electron chi connectivity index (χ1n) is 6.12. The van der Waals surface area contributed by atoms with Crippen LogP contribution in [0.15, 0.2) is 0 Å². The molecule has 1 N–H and O–H groups in total. The molecule has 0 aromatic carbocycles. The first-order valence-corrected chi connectivity index (χ1v) is 6.12. The van der Waals surface area contributed by atoms with Crippen LogP contribution in [0.4, 0.5) is 4.79 Å². The zero-order valence-corrected chi connectivity index (χ0v) is 12.4. The predicted molar refractivity (Wildman–Crippen MR) is 69.2 cm³/mol. The van der Waals surface area contributed by atoms with Gasteiger partial charge in [-0.2, -0.15) is 0 Å². The van der Waals surface area contributed by atoms with Crippen molar-refractivity contribution in [2.24, 2.45) is 5.92 Å². The molecule has 0 radical (unpaired) electrons. The Morgan fingerprint density at radius 1 is 1.17 bits per heavy atom. The number of rotatable bonds is 4. The van der Waals surface area contributed by atoms with Gasteiger partial charge in [0.05, 0.1) is 18.6 Å². The molecule has 0 aliphatic rings. The van der Waals surface area contributed by atoms with Crippen LogP contribution >= 0.6 is 0 Å². The van der Waals surface area contributed by atoms with E-state index < -0.39 is 23.2 Å². The molecule has 0 rings (SSSR count). The van der Waals surface area contributed by atoms with Crippen molar-refractivity contribution in [2.75, 3.05) is 7.11 Å². The molecule has 0 aliphatic heterocycles. The second kappa shape index (κ2) is 6.07. The Morgan fingerprint density at radius 3 is 2.00 bits per heavy atom. The number of hydrogen-bond acceptors (Lipinski definition) is 4. The number of esters is 1. The SMILES string of the molecule is CCC(C(=O)OC)C(C)(C)NC(=O)OC(C)(C)C. The quantitative estimate of drug-likeness (QED) is 0.788. The van der Waals surface area contributed by atoms with E-state index in [4.69, 9.17) is 9.47 Å². The van der Waals surface area contributed by atoms with E-state index in [2.05, 4.69) is 5.32 Å². The number of carbonyl (C=O) groups is 2. The van der Waals surface area contributed by atoms with Crippen molar-refractivity contribution in [1.29, 1.82) is 0 Å². The van der Waals surface area contributed by atoms with Gasteiger partial charge in [-0.1, -0.05) is 6.92 Å². The molecule has 0 fully saturated rings. The minimum atomic E-state index is -0.718. The molecule has 0 saturated carbocycles. The Labute approximate surface area is 109 Å². The van der Waals surface area contributed by atoms with Crippen LogP contribution in [0.25, 0.3) is 0 Å². The van der Waals surface area contributed by atoms with Crippen molar-refractivity contribution >= 4 is 12.1 Å². The van der Waals surface area contributed by atoms with Gasteiger partial charge in [0, 0.05) is 0 Å². The summed E-state index contributed by atoms with van der Waals surface area (Å²) in [4.78, 5) is 23.4. The molecule has 18 heavy (non-hydrogen) atoms. The van der Waals surface area contributed by atoms with E-state index in [0.29, 0.717) is 6.42 Å². The maximum Gasteiger partial charge on any atom is 0.408 e. The average molecular weight is 259 g/mol. The summed E-state index contributed by atoms with van der Waals surface area (Å²) in [6.07, 6.45) is 0.0463. The summed E-state index contributed by atoms with van der Waals surface area (Å²) in [5.74, 6) is -0.742.